The van der Waals surface area contributed by atoms with Gasteiger partial charge in [-0.1, -0.05) is 200 Å². The number of fused-ring (bicyclic) bond motifs is 3. The molecule has 1 aromatic heterocycles. The van der Waals surface area contributed by atoms with Gasteiger partial charge in [0.2, 0.25) is 0 Å². The zero-order chi connectivity index (χ0) is 36.6. The first-order chi connectivity index (χ1) is 27.3. The van der Waals surface area contributed by atoms with Crippen LogP contribution in [-0.2, 0) is 5.41 Å². The molecule has 55 heavy (non-hydrogen) atoms. The van der Waals surface area contributed by atoms with E-state index in [1.807, 2.05) is 12.1 Å². The molecule has 1 aliphatic rings. The first kappa shape index (κ1) is 32.5. The number of nitrogens with zero attached hydrogens (tertiary/aromatic N) is 2. The van der Waals surface area contributed by atoms with Crippen molar-refractivity contribution in [1.82, 2.24) is 9.97 Å². The molecule has 8 aromatic carbocycles. The Morgan fingerprint density at radius 2 is 0.691 bits per heavy atom. The van der Waals surface area contributed by atoms with Gasteiger partial charge in [-0.15, -0.1) is 0 Å². The number of hydrogen-bond donors (Lipinski definition) is 0. The molecular formula is C53H36N2. The molecule has 2 heteroatoms. The van der Waals surface area contributed by atoms with E-state index in [4.69, 9.17) is 9.97 Å². The van der Waals surface area contributed by atoms with Crippen LogP contribution in [0.2, 0.25) is 0 Å². The molecule has 0 atom stereocenters. The molecule has 0 amide bonds. The predicted octanol–water partition coefficient (Wildman–Crippen LogP) is 13.2. The van der Waals surface area contributed by atoms with E-state index in [0.29, 0.717) is 5.82 Å². The zero-order valence-electron chi connectivity index (χ0n) is 30.2. The lowest BCUT2D eigenvalue weighted by Gasteiger charge is -2.34. The van der Waals surface area contributed by atoms with Gasteiger partial charge in [0.05, 0.1) is 16.8 Å². The fourth-order valence-corrected chi connectivity index (χ4v) is 8.43. The third-order valence-electron chi connectivity index (χ3n) is 11.0. The summed E-state index contributed by atoms with van der Waals surface area (Å²) in [5, 5.41) is 0. The van der Waals surface area contributed by atoms with Gasteiger partial charge < -0.3 is 0 Å². The molecule has 0 aliphatic heterocycles. The lowest BCUT2D eigenvalue weighted by atomic mass is 9.67. The van der Waals surface area contributed by atoms with E-state index in [1.54, 1.807) is 0 Å². The quantitative estimate of drug-likeness (QED) is 0.165. The summed E-state index contributed by atoms with van der Waals surface area (Å²) in [6, 6.07) is 78.1. The van der Waals surface area contributed by atoms with Crippen molar-refractivity contribution in [3.63, 3.8) is 0 Å². The van der Waals surface area contributed by atoms with Crippen LogP contribution in [0.1, 0.15) is 22.3 Å². The minimum atomic E-state index is -0.458. The van der Waals surface area contributed by atoms with Crippen LogP contribution in [0.4, 0.5) is 0 Å². The minimum Gasteiger partial charge on any atom is -0.228 e. The summed E-state index contributed by atoms with van der Waals surface area (Å²) < 4.78 is 0. The topological polar surface area (TPSA) is 25.8 Å². The summed E-state index contributed by atoms with van der Waals surface area (Å²) in [6.07, 6.45) is 0. The van der Waals surface area contributed by atoms with Crippen molar-refractivity contribution in [1.29, 1.82) is 0 Å². The molecule has 1 aliphatic carbocycles. The van der Waals surface area contributed by atoms with Crippen molar-refractivity contribution in [3.05, 3.63) is 241 Å². The summed E-state index contributed by atoms with van der Waals surface area (Å²) in [7, 11) is 0. The molecule has 2 nitrogen and oxygen atoms in total. The van der Waals surface area contributed by atoms with Crippen molar-refractivity contribution in [3.8, 4) is 67.3 Å². The predicted molar refractivity (Wildman–Crippen MR) is 227 cm³/mol. The molecule has 0 spiro atoms. The van der Waals surface area contributed by atoms with Crippen LogP contribution in [0.3, 0.4) is 0 Å². The average Bonchev–Trinajstić information content (AvgIpc) is 3.58. The Labute approximate surface area is 322 Å². The molecule has 0 bridgehead atoms. The van der Waals surface area contributed by atoms with Crippen molar-refractivity contribution < 1.29 is 0 Å². The van der Waals surface area contributed by atoms with Crippen molar-refractivity contribution in [2.75, 3.05) is 0 Å². The lowest BCUT2D eigenvalue weighted by molar-refractivity contribution is 0.769. The smallest absolute Gasteiger partial charge is 0.160 e. The molecule has 0 N–H and O–H groups in total. The van der Waals surface area contributed by atoms with Crippen LogP contribution in [0.25, 0.3) is 67.3 Å². The highest BCUT2D eigenvalue weighted by molar-refractivity contribution is 5.87. The van der Waals surface area contributed by atoms with E-state index in [1.165, 1.54) is 44.5 Å². The summed E-state index contributed by atoms with van der Waals surface area (Å²) in [4.78, 5) is 10.4. The zero-order valence-corrected chi connectivity index (χ0v) is 30.2. The summed E-state index contributed by atoms with van der Waals surface area (Å²) in [5.41, 5.74) is 16.7. The van der Waals surface area contributed by atoms with Gasteiger partial charge >= 0.3 is 0 Å². The fourth-order valence-electron chi connectivity index (χ4n) is 8.43. The van der Waals surface area contributed by atoms with Crippen LogP contribution in [0.5, 0.6) is 0 Å². The normalized spacial score (nSPS) is 12.5. The average molecular weight is 701 g/mol. The van der Waals surface area contributed by atoms with Crippen LogP contribution in [0.15, 0.2) is 218 Å². The molecular weight excluding hydrogens is 665 g/mol. The largest absolute Gasteiger partial charge is 0.228 e. The van der Waals surface area contributed by atoms with Gasteiger partial charge in [0.15, 0.2) is 5.82 Å². The van der Waals surface area contributed by atoms with Crippen molar-refractivity contribution in [2.24, 2.45) is 0 Å². The number of hydrogen-bond acceptors (Lipinski definition) is 2. The first-order valence-corrected chi connectivity index (χ1v) is 18.8. The van der Waals surface area contributed by atoms with E-state index in [9.17, 15) is 0 Å². The summed E-state index contributed by atoms with van der Waals surface area (Å²) in [6.45, 7) is 0. The third kappa shape index (κ3) is 5.67. The molecule has 0 radical (unpaired) electrons. The fraction of sp³-hybridized carbons (Fsp3) is 0.0189. The van der Waals surface area contributed by atoms with E-state index < -0.39 is 5.41 Å². The Bertz CT molecular complexity index is 2740. The SMILES string of the molecule is c1ccc(-c2ccc(-c3cc(-c4ccccc4)nc(-c4cccc(-c5cccc(C6(c7ccccc7)c7ccccc7-c7ccccc76)c5)c4)n3)cc2)cc1. The van der Waals surface area contributed by atoms with Crippen molar-refractivity contribution in [2.45, 2.75) is 5.41 Å². The maximum Gasteiger partial charge on any atom is 0.160 e. The monoisotopic (exact) mass is 700 g/mol. The Morgan fingerprint density at radius 3 is 1.33 bits per heavy atom. The van der Waals surface area contributed by atoms with Gasteiger partial charge in [0, 0.05) is 16.7 Å². The van der Waals surface area contributed by atoms with Gasteiger partial charge in [-0.3, -0.25) is 0 Å². The highest BCUT2D eigenvalue weighted by atomic mass is 14.9. The van der Waals surface area contributed by atoms with Crippen LogP contribution in [-0.4, -0.2) is 9.97 Å². The summed E-state index contributed by atoms with van der Waals surface area (Å²) in [5.74, 6) is 0.695. The highest BCUT2D eigenvalue weighted by Gasteiger charge is 2.45. The number of rotatable bonds is 7. The Kier molecular flexibility index (Phi) is 8.08. The summed E-state index contributed by atoms with van der Waals surface area (Å²) >= 11 is 0. The second-order valence-electron chi connectivity index (χ2n) is 14.1. The van der Waals surface area contributed by atoms with Gasteiger partial charge in [0.1, 0.15) is 0 Å². The lowest BCUT2D eigenvalue weighted by Crippen LogP contribution is -2.28. The molecule has 10 rings (SSSR count). The van der Waals surface area contributed by atoms with Gasteiger partial charge in [-0.05, 0) is 73.8 Å². The molecule has 0 saturated carbocycles. The number of benzene rings is 8. The highest BCUT2D eigenvalue weighted by Crippen LogP contribution is 2.56. The van der Waals surface area contributed by atoms with E-state index in [2.05, 4.69) is 206 Å². The third-order valence-corrected chi connectivity index (χ3v) is 11.0. The molecule has 9 aromatic rings. The van der Waals surface area contributed by atoms with Crippen LogP contribution < -0.4 is 0 Å². The maximum absolute atomic E-state index is 5.21. The van der Waals surface area contributed by atoms with E-state index in [0.717, 1.165) is 39.2 Å². The van der Waals surface area contributed by atoms with E-state index >= 15 is 0 Å². The Balaban J connectivity index is 1.09. The minimum absolute atomic E-state index is 0.458. The van der Waals surface area contributed by atoms with Gasteiger partial charge in [0.25, 0.3) is 0 Å². The van der Waals surface area contributed by atoms with Crippen LogP contribution >= 0.6 is 0 Å². The molecule has 0 saturated heterocycles. The molecule has 258 valence electrons. The van der Waals surface area contributed by atoms with Gasteiger partial charge in [-0.25, -0.2) is 9.97 Å². The molecule has 0 unspecified atom stereocenters. The Morgan fingerprint density at radius 1 is 0.273 bits per heavy atom. The van der Waals surface area contributed by atoms with Crippen molar-refractivity contribution >= 4 is 0 Å². The first-order valence-electron chi connectivity index (χ1n) is 18.8. The number of aromatic nitrogens is 2. The standard InChI is InChI=1S/C53H36N2/c1-4-16-37(17-5-1)38-30-32-40(33-31-38)51-36-50(39-18-6-2-7-19-39)54-52(55-51)43-22-14-20-41(34-43)42-21-15-25-45(35-42)53(44-23-8-3-9-24-44)48-28-12-10-26-46(48)47-27-11-13-29-49(47)53/h1-36H. The van der Waals surface area contributed by atoms with Gasteiger partial charge in [-0.2, -0.15) is 0 Å². The van der Waals surface area contributed by atoms with Crippen LogP contribution in [0, 0.1) is 0 Å². The van der Waals surface area contributed by atoms with E-state index in [-0.39, 0.29) is 0 Å². The molecule has 0 fully saturated rings. The Hall–Kier alpha value is -7.16. The second-order valence-corrected chi connectivity index (χ2v) is 14.1. The second kappa shape index (κ2) is 13.7. The molecule has 1 heterocycles. The maximum atomic E-state index is 5.21.